The molecular formula is C31H43F5O10S. The lowest BCUT2D eigenvalue weighted by molar-refractivity contribution is -0.259. The average molecular weight is 703 g/mol. The zero-order valence-electron chi connectivity index (χ0n) is 26.5. The number of carbonyl (C=O) groups excluding carboxylic acids is 4. The third kappa shape index (κ3) is 6.78. The summed E-state index contributed by atoms with van der Waals surface area (Å²) in [4.78, 5) is 47.2. The van der Waals surface area contributed by atoms with Gasteiger partial charge in [-0.3, -0.25) is 18.9 Å². The van der Waals surface area contributed by atoms with Gasteiger partial charge in [0.1, 0.15) is 18.5 Å². The molecule has 12 atom stereocenters. The maximum Gasteiger partial charge on any atom is 0.432 e. The molecule has 1 N–H and O–H groups in total. The van der Waals surface area contributed by atoms with Crippen LogP contribution >= 0.6 is 0 Å². The van der Waals surface area contributed by atoms with Crippen molar-refractivity contribution in [1.29, 1.82) is 0 Å². The van der Waals surface area contributed by atoms with Crippen LogP contribution in [-0.4, -0.2) is 67.9 Å². The highest BCUT2D eigenvalue weighted by atomic mass is 32.2. The summed E-state index contributed by atoms with van der Waals surface area (Å²) >= 11 is 0. The molecule has 4 saturated carbocycles. The fourth-order valence-electron chi connectivity index (χ4n) is 10.2. The number of hydrogen-bond acceptors (Lipinski definition) is 9. The summed E-state index contributed by atoms with van der Waals surface area (Å²) in [6.45, 7) is 6.77. The number of esters is 1. The van der Waals surface area contributed by atoms with E-state index in [1.54, 1.807) is 6.92 Å². The fourth-order valence-corrected chi connectivity index (χ4v) is 10.7. The van der Waals surface area contributed by atoms with Gasteiger partial charge < -0.3 is 19.0 Å². The van der Waals surface area contributed by atoms with Crippen molar-refractivity contribution >= 4 is 35.3 Å². The number of aldehydes is 1. The molecule has 4 rings (SSSR count). The van der Waals surface area contributed by atoms with Gasteiger partial charge in [0.05, 0.1) is 0 Å². The molecule has 0 heterocycles. The Hall–Kier alpha value is -2.36. The van der Waals surface area contributed by atoms with E-state index in [-0.39, 0.29) is 47.3 Å². The molecule has 0 aliphatic heterocycles. The number of fused-ring (bicyclic) bond motifs is 5. The Bertz CT molecular complexity index is 1290. The lowest BCUT2D eigenvalue weighted by Crippen LogP contribution is -2.63. The van der Waals surface area contributed by atoms with E-state index < -0.39 is 63.6 Å². The van der Waals surface area contributed by atoms with Crippen LogP contribution in [0.2, 0.25) is 0 Å². The molecule has 2 unspecified atom stereocenters. The smallest absolute Gasteiger partial charge is 0.432 e. The summed E-state index contributed by atoms with van der Waals surface area (Å²) in [5.41, 5.74) is -0.856. The Morgan fingerprint density at radius 2 is 1.64 bits per heavy atom. The van der Waals surface area contributed by atoms with Crippen LogP contribution in [-0.2, 0) is 43.5 Å². The molecule has 0 aromatic carbocycles. The zero-order valence-corrected chi connectivity index (χ0v) is 27.3. The first-order valence-electron chi connectivity index (χ1n) is 16.0. The molecular weight excluding hydrogens is 659 g/mol. The second-order valence-electron chi connectivity index (χ2n) is 14.5. The van der Waals surface area contributed by atoms with Crippen molar-refractivity contribution in [3.8, 4) is 0 Å². The lowest BCUT2D eigenvalue weighted by Gasteiger charge is -2.64. The minimum Gasteiger partial charge on any atom is -0.464 e. The molecule has 47 heavy (non-hydrogen) atoms. The fraction of sp³-hybridized carbons (Fsp3) is 0.871. The van der Waals surface area contributed by atoms with Crippen molar-refractivity contribution in [2.75, 3.05) is 0 Å². The van der Waals surface area contributed by atoms with Gasteiger partial charge in [-0.2, -0.15) is 30.4 Å². The average Bonchev–Trinajstić information content (AvgIpc) is 3.33. The molecule has 4 aliphatic rings. The number of hydrogen-bond donors (Lipinski definition) is 1. The summed E-state index contributed by atoms with van der Waals surface area (Å²) < 4.78 is 114. The number of rotatable bonds is 13. The Morgan fingerprint density at radius 3 is 2.21 bits per heavy atom. The van der Waals surface area contributed by atoms with Crippen LogP contribution in [0.5, 0.6) is 0 Å². The predicted molar refractivity (Wildman–Crippen MR) is 153 cm³/mol. The van der Waals surface area contributed by atoms with Crippen molar-refractivity contribution in [3.05, 3.63) is 0 Å². The summed E-state index contributed by atoms with van der Waals surface area (Å²) in [5, 5.41) is -5.82. The van der Waals surface area contributed by atoms with Crippen molar-refractivity contribution in [3.63, 3.8) is 0 Å². The Labute approximate surface area is 270 Å². The Kier molecular flexibility index (Phi) is 10.8. The van der Waals surface area contributed by atoms with Gasteiger partial charge in [0.25, 0.3) is 19.0 Å². The molecule has 0 spiro atoms. The number of carbonyl (C=O) groups is 4. The maximum atomic E-state index is 13.9. The van der Waals surface area contributed by atoms with Crippen molar-refractivity contribution in [2.45, 2.75) is 115 Å². The second-order valence-corrected chi connectivity index (χ2v) is 16.0. The molecule has 0 radical (unpaired) electrons. The van der Waals surface area contributed by atoms with E-state index in [4.69, 9.17) is 14.0 Å². The second kappa shape index (κ2) is 13.5. The van der Waals surface area contributed by atoms with Gasteiger partial charge >= 0.3 is 27.5 Å². The minimum atomic E-state index is -6.56. The van der Waals surface area contributed by atoms with Crippen molar-refractivity contribution in [1.82, 2.24) is 0 Å². The van der Waals surface area contributed by atoms with Crippen LogP contribution in [0, 0.1) is 52.3 Å². The maximum absolute atomic E-state index is 13.9. The van der Waals surface area contributed by atoms with Gasteiger partial charge in [-0.05, 0) is 92.3 Å². The highest BCUT2D eigenvalue weighted by Crippen LogP contribution is 2.69. The molecule has 4 aliphatic carbocycles. The van der Waals surface area contributed by atoms with Crippen LogP contribution < -0.4 is 0 Å². The van der Waals surface area contributed by atoms with E-state index in [0.717, 1.165) is 25.5 Å². The Balaban J connectivity index is 1.56. The first-order valence-corrected chi connectivity index (χ1v) is 17.4. The highest BCUT2D eigenvalue weighted by molar-refractivity contribution is 7.86. The van der Waals surface area contributed by atoms with Crippen LogP contribution in [0.3, 0.4) is 0 Å². The van der Waals surface area contributed by atoms with Crippen molar-refractivity contribution < 1.29 is 68.3 Å². The highest BCUT2D eigenvalue weighted by Gasteiger charge is 2.68. The third-order valence-electron chi connectivity index (χ3n) is 12.5. The number of halogens is 5. The largest absolute Gasteiger partial charge is 0.464 e. The third-order valence-corrected chi connectivity index (χ3v) is 13.4. The predicted octanol–water partition coefficient (Wildman–Crippen LogP) is 5.52. The first kappa shape index (κ1) is 37.5. The van der Waals surface area contributed by atoms with Crippen LogP contribution in [0.25, 0.3) is 0 Å². The van der Waals surface area contributed by atoms with Gasteiger partial charge in [0, 0.05) is 24.2 Å². The molecule has 10 nitrogen and oxygen atoms in total. The SMILES string of the molecule is CC(CCC(=O)OC(C(F)(F)F)C(F)(F)S(=O)(=O)O)[C@H]1CC[C@H]2[C@@H]3[C@H](OC=O)C[C@@H]4C[C@H](CC=O)CC[C@]4(C)[C@H]3C[C@H](OC=O)[C@]12C. The van der Waals surface area contributed by atoms with Crippen molar-refractivity contribution in [2.24, 2.45) is 52.3 Å². The number of alkyl halides is 5. The molecule has 0 aromatic rings. The molecule has 4 fully saturated rings. The molecule has 0 saturated heterocycles. The quantitative estimate of drug-likeness (QED) is 0.0854. The van der Waals surface area contributed by atoms with E-state index in [1.165, 1.54) is 0 Å². The minimum absolute atomic E-state index is 0.0270. The van der Waals surface area contributed by atoms with Gasteiger partial charge in [0.15, 0.2) is 0 Å². The van der Waals surface area contributed by atoms with Gasteiger partial charge in [-0.15, -0.1) is 0 Å². The molecule has 0 bridgehead atoms. The van der Waals surface area contributed by atoms with Gasteiger partial charge in [-0.25, -0.2) is 0 Å². The zero-order chi connectivity index (χ0) is 35.2. The molecule has 268 valence electrons. The van der Waals surface area contributed by atoms with Gasteiger partial charge in [0.2, 0.25) is 0 Å². The standard InChI is InChI=1S/C31H43F5O10S/c1-17(4-7-25(40)46-27(30(32,33)34)31(35,36)47(41,42)43)20-5-6-21-26-22(14-24(45-16-39)29(20,21)3)28(2)10-8-18(9-11-37)12-19(28)13-23(26)44-15-38/h11,15-24,26-27H,4-10,12-14H2,1-3H3,(H,41,42,43)/t17?,18-,19-,20+,21-,22-,23+,24-,26-,27?,28-,29+/m0/s1. The summed E-state index contributed by atoms with van der Waals surface area (Å²) in [5.74, 6) is -2.10. The van der Waals surface area contributed by atoms with E-state index in [2.05, 4.69) is 11.7 Å². The normalized spacial score (nSPS) is 38.5. The summed E-state index contributed by atoms with van der Waals surface area (Å²) in [7, 11) is -6.56. The van der Waals surface area contributed by atoms with E-state index >= 15 is 0 Å². The molecule has 0 aromatic heterocycles. The van der Waals surface area contributed by atoms with Gasteiger partial charge in [-0.1, -0.05) is 20.8 Å². The summed E-state index contributed by atoms with van der Waals surface area (Å²) in [6, 6.07) is 0. The van der Waals surface area contributed by atoms with E-state index in [9.17, 15) is 49.5 Å². The van der Waals surface area contributed by atoms with E-state index in [0.29, 0.717) is 45.0 Å². The lowest BCUT2D eigenvalue weighted by atomic mass is 9.42. The summed E-state index contributed by atoms with van der Waals surface area (Å²) in [6.07, 6.45) is -5.96. The van der Waals surface area contributed by atoms with E-state index in [1.807, 2.05) is 6.92 Å². The first-order chi connectivity index (χ1) is 21.8. The Morgan fingerprint density at radius 1 is 0.979 bits per heavy atom. The van der Waals surface area contributed by atoms with Crippen LogP contribution in [0.4, 0.5) is 22.0 Å². The van der Waals surface area contributed by atoms with Crippen LogP contribution in [0.1, 0.15) is 85.0 Å². The van der Waals surface area contributed by atoms with Crippen LogP contribution in [0.15, 0.2) is 0 Å². The topological polar surface area (TPSA) is 150 Å². The molecule has 16 heteroatoms. The number of ether oxygens (including phenoxy) is 3. The molecule has 0 amide bonds. The monoisotopic (exact) mass is 702 g/mol.